The minimum absolute atomic E-state index is 0.188. The van der Waals surface area contributed by atoms with Gasteiger partial charge in [0.25, 0.3) is 11.8 Å². The summed E-state index contributed by atoms with van der Waals surface area (Å²) in [5.74, 6) is -2.77. The number of hydrogen-bond donors (Lipinski definition) is 2. The fourth-order valence-electron chi connectivity index (χ4n) is 4.11. The summed E-state index contributed by atoms with van der Waals surface area (Å²) in [5.41, 5.74) is 5.39. The summed E-state index contributed by atoms with van der Waals surface area (Å²) in [5, 5.41) is 23.1. The first kappa shape index (κ1) is 23.3. The number of fused-ring (bicyclic) bond motifs is 2. The molecule has 1 unspecified atom stereocenters. The average molecular weight is 510 g/mol. The lowest BCUT2D eigenvalue weighted by atomic mass is 10.0. The fraction of sp³-hybridized carbons (Fsp3) is 0.227. The summed E-state index contributed by atoms with van der Waals surface area (Å²) in [4.78, 5) is 47.4. The van der Waals surface area contributed by atoms with Gasteiger partial charge in [-0.3, -0.25) is 14.5 Å². The Morgan fingerprint density at radius 2 is 2.14 bits per heavy atom. The molecule has 2 aliphatic heterocycles. The number of β-lactam (4-membered cyclic amide) rings is 1. The van der Waals surface area contributed by atoms with Gasteiger partial charge in [0.2, 0.25) is 11.5 Å². The van der Waals surface area contributed by atoms with E-state index < -0.39 is 29.2 Å². The molecule has 0 spiro atoms. The summed E-state index contributed by atoms with van der Waals surface area (Å²) in [7, 11) is 1.22. The summed E-state index contributed by atoms with van der Waals surface area (Å²) in [6.45, 7) is 0.262. The molecule has 5 rings (SSSR count). The molecule has 1 aromatic carbocycles. The number of aliphatic carboxylic acids is 1. The van der Waals surface area contributed by atoms with Crippen LogP contribution in [0.1, 0.15) is 5.82 Å². The molecule has 3 N–H and O–H groups in total. The van der Waals surface area contributed by atoms with E-state index in [2.05, 4.69) is 30.0 Å². The number of hydrogen-bond acceptors (Lipinski definition) is 11. The normalized spacial score (nSPS) is 19.6. The third kappa shape index (κ3) is 4.11. The Morgan fingerprint density at radius 1 is 1.36 bits per heavy atom. The Morgan fingerprint density at radius 3 is 2.83 bits per heavy atom. The number of carbonyl (C=O) groups is 3. The summed E-state index contributed by atoms with van der Waals surface area (Å²) in [6, 6.07) is 8.45. The number of anilines is 1. The molecule has 0 radical (unpaired) electrons. The highest BCUT2D eigenvalue weighted by molar-refractivity contribution is 8.00. The maximum atomic E-state index is 13.0. The molecule has 3 aromatic rings. The van der Waals surface area contributed by atoms with Gasteiger partial charge in [-0.1, -0.05) is 28.5 Å². The van der Waals surface area contributed by atoms with Crippen LogP contribution in [0.5, 0.6) is 0 Å². The second kappa shape index (κ2) is 9.30. The zero-order valence-corrected chi connectivity index (χ0v) is 19.6. The van der Waals surface area contributed by atoms with Crippen LogP contribution in [0.25, 0.3) is 10.8 Å². The summed E-state index contributed by atoms with van der Waals surface area (Å²) >= 11 is 1.33. The van der Waals surface area contributed by atoms with Crippen molar-refractivity contribution in [3.63, 3.8) is 0 Å². The van der Waals surface area contributed by atoms with E-state index in [0.29, 0.717) is 11.3 Å². The van der Waals surface area contributed by atoms with Gasteiger partial charge in [-0.15, -0.1) is 11.8 Å². The fourth-order valence-corrected chi connectivity index (χ4v) is 5.44. The van der Waals surface area contributed by atoms with Crippen molar-refractivity contribution in [3.8, 4) is 0 Å². The van der Waals surface area contributed by atoms with E-state index in [-0.39, 0.29) is 29.8 Å². The van der Waals surface area contributed by atoms with Gasteiger partial charge in [0.05, 0.1) is 11.7 Å². The van der Waals surface area contributed by atoms with E-state index in [0.717, 1.165) is 15.7 Å². The Hall–Kier alpha value is -4.46. The lowest BCUT2D eigenvalue weighted by Gasteiger charge is -2.50. The molecule has 1 saturated heterocycles. The third-order valence-corrected chi connectivity index (χ3v) is 7.04. The monoisotopic (exact) mass is 509 g/mol. The van der Waals surface area contributed by atoms with E-state index in [9.17, 15) is 19.5 Å². The molecule has 2 aromatic heterocycles. The van der Waals surface area contributed by atoms with Crippen LogP contribution in [-0.2, 0) is 25.8 Å². The summed E-state index contributed by atoms with van der Waals surface area (Å²) < 4.78 is 6.52. The zero-order valence-electron chi connectivity index (χ0n) is 18.8. The van der Waals surface area contributed by atoms with Crippen molar-refractivity contribution in [1.82, 2.24) is 20.4 Å². The van der Waals surface area contributed by atoms with Gasteiger partial charge < -0.3 is 30.3 Å². The number of oxime groups is 1. The first-order valence-corrected chi connectivity index (χ1v) is 11.7. The second-order valence-corrected chi connectivity index (χ2v) is 9.03. The van der Waals surface area contributed by atoms with Crippen molar-refractivity contribution in [2.24, 2.45) is 5.16 Å². The minimum Gasteiger partial charge on any atom is -0.543 e. The van der Waals surface area contributed by atoms with Crippen LogP contribution in [0.15, 0.2) is 63.7 Å². The van der Waals surface area contributed by atoms with Gasteiger partial charge in [-0.2, -0.15) is 4.98 Å². The first-order valence-electron chi connectivity index (χ1n) is 10.6. The molecule has 2 aliphatic rings. The van der Waals surface area contributed by atoms with Crippen molar-refractivity contribution in [3.05, 3.63) is 59.8 Å². The number of amides is 2. The van der Waals surface area contributed by atoms with Gasteiger partial charge >= 0.3 is 6.01 Å². The van der Waals surface area contributed by atoms with Crippen molar-refractivity contribution < 1.29 is 33.4 Å². The third-order valence-electron chi connectivity index (χ3n) is 5.70. The predicted octanol–water partition coefficient (Wildman–Crippen LogP) is -1.45. The number of nitrogen functional groups attached to an aromatic ring is 1. The van der Waals surface area contributed by atoms with E-state index in [1.807, 2.05) is 47.3 Å². The number of carboxylic acid groups (broad SMARTS) is 1. The van der Waals surface area contributed by atoms with Crippen molar-refractivity contribution >= 4 is 52.0 Å². The number of nitrogens with one attached hydrogen (secondary N) is 1. The lowest BCUT2D eigenvalue weighted by molar-refractivity contribution is -0.687. The molecule has 36 heavy (non-hydrogen) atoms. The largest absolute Gasteiger partial charge is 0.543 e. The molecule has 184 valence electrons. The molecule has 1 fully saturated rings. The number of nitrogens with zero attached hydrogens (tertiary/aromatic N) is 5. The van der Waals surface area contributed by atoms with Gasteiger partial charge in [-0.25, -0.2) is 4.57 Å². The standard InChI is InChI=1S/C22H19N7O6S/c1-34-26-14(17-25-22(23)35-27-17)18(30)24-15-19(31)29-16(21(32)33)13(10-36-20(15)29)9-28-7-6-11-4-2-3-5-12(11)8-28/h2-8,15,20H,9-10H2,1H3,(H3-,23,24,25,27,30,32,33)/b26-14-/t15?,20-/m1/s1. The maximum Gasteiger partial charge on any atom is 0.319 e. The highest BCUT2D eigenvalue weighted by Crippen LogP contribution is 2.40. The number of carbonyl (C=O) groups excluding carboxylic acids is 3. The van der Waals surface area contributed by atoms with Gasteiger partial charge in [0.15, 0.2) is 18.9 Å². The molecule has 4 heterocycles. The number of pyridine rings is 1. The van der Waals surface area contributed by atoms with Crippen LogP contribution >= 0.6 is 11.8 Å². The Bertz CT molecular complexity index is 1450. The molecule has 2 amide bonds. The highest BCUT2D eigenvalue weighted by Gasteiger charge is 2.53. The van der Waals surface area contributed by atoms with Crippen LogP contribution < -0.4 is 20.7 Å². The van der Waals surface area contributed by atoms with Crippen molar-refractivity contribution in [1.29, 1.82) is 0 Å². The smallest absolute Gasteiger partial charge is 0.319 e. The van der Waals surface area contributed by atoms with E-state index in [1.54, 1.807) is 0 Å². The predicted molar refractivity (Wildman–Crippen MR) is 123 cm³/mol. The van der Waals surface area contributed by atoms with Gasteiger partial charge in [0, 0.05) is 22.8 Å². The molecule has 2 atom stereocenters. The molecule has 13 nitrogen and oxygen atoms in total. The van der Waals surface area contributed by atoms with Gasteiger partial charge in [0.1, 0.15) is 18.5 Å². The van der Waals surface area contributed by atoms with Crippen LogP contribution in [0.2, 0.25) is 0 Å². The first-order chi connectivity index (χ1) is 17.4. The maximum absolute atomic E-state index is 13.0. The molecule has 0 aliphatic carbocycles. The number of nitrogens with two attached hydrogens (primary N) is 1. The number of thioether (sulfide) groups is 1. The Balaban J connectivity index is 1.36. The van der Waals surface area contributed by atoms with Crippen LogP contribution in [0.4, 0.5) is 6.01 Å². The average Bonchev–Trinajstić information content (AvgIpc) is 3.30. The molecular weight excluding hydrogens is 490 g/mol. The SMILES string of the molecule is CO/N=C(\C(=O)NC1C(=O)N2C(C(=O)[O-])=C(C[n+]3ccc4ccccc4c3)CS[C@H]12)c1noc(N)n1. The van der Waals surface area contributed by atoms with Crippen molar-refractivity contribution in [2.75, 3.05) is 18.6 Å². The molecule has 14 heteroatoms. The molecule has 0 saturated carbocycles. The van der Waals surface area contributed by atoms with E-state index in [1.165, 1.54) is 18.9 Å². The number of benzene rings is 1. The second-order valence-electron chi connectivity index (χ2n) is 7.93. The van der Waals surface area contributed by atoms with E-state index in [4.69, 9.17) is 5.73 Å². The summed E-state index contributed by atoms with van der Waals surface area (Å²) in [6.07, 6.45) is 3.76. The van der Waals surface area contributed by atoms with Crippen LogP contribution in [0, 0.1) is 0 Å². The highest BCUT2D eigenvalue weighted by atomic mass is 32.2. The van der Waals surface area contributed by atoms with E-state index >= 15 is 0 Å². The number of rotatable bonds is 7. The lowest BCUT2D eigenvalue weighted by Crippen LogP contribution is -2.71. The molecule has 0 bridgehead atoms. The van der Waals surface area contributed by atoms with Crippen molar-refractivity contribution in [2.45, 2.75) is 18.0 Å². The Labute approximate surface area is 207 Å². The number of carboxylic acids is 1. The number of aromatic nitrogens is 3. The quantitative estimate of drug-likeness (QED) is 0.165. The Kier molecular flexibility index (Phi) is 6.01. The zero-order chi connectivity index (χ0) is 25.4. The van der Waals surface area contributed by atoms with Gasteiger partial charge in [-0.05, 0) is 11.5 Å². The molecular formula is C22H19N7O6S. The van der Waals surface area contributed by atoms with Crippen LogP contribution in [-0.4, -0.2) is 62.8 Å². The van der Waals surface area contributed by atoms with Crippen LogP contribution in [0.3, 0.4) is 0 Å². The minimum atomic E-state index is -1.46. The topological polar surface area (TPSA) is 180 Å².